The summed E-state index contributed by atoms with van der Waals surface area (Å²) in [5.41, 5.74) is 3.31. The third kappa shape index (κ3) is 4.64. The largest absolute Gasteiger partial charge is 0.450 e. The molecule has 12 heteroatoms. The SMILES string of the molecule is Cc1cn([C@@H]2OC(CC3CCCCC3)C3(OS(=O)(=O)C=C3N)[C@H]2OC(=O)c2ccccc2)c(=O)[nH]c1=O. The maximum atomic E-state index is 13.2. The van der Waals surface area contributed by atoms with Gasteiger partial charge in [0, 0.05) is 11.8 Å². The van der Waals surface area contributed by atoms with Crippen LogP contribution in [0.2, 0.25) is 0 Å². The number of hydrogen-bond acceptors (Lipinski definition) is 9. The summed E-state index contributed by atoms with van der Waals surface area (Å²) in [4.78, 5) is 40.3. The van der Waals surface area contributed by atoms with E-state index in [2.05, 4.69) is 4.98 Å². The van der Waals surface area contributed by atoms with E-state index in [1.807, 2.05) is 0 Å². The minimum atomic E-state index is -4.23. The molecule has 5 rings (SSSR count). The van der Waals surface area contributed by atoms with E-state index in [0.717, 1.165) is 42.1 Å². The predicted octanol–water partition coefficient (Wildman–Crippen LogP) is 1.84. The molecule has 2 fully saturated rings. The van der Waals surface area contributed by atoms with Crippen LogP contribution in [0.25, 0.3) is 0 Å². The van der Waals surface area contributed by atoms with Crippen molar-refractivity contribution in [2.75, 3.05) is 0 Å². The van der Waals surface area contributed by atoms with Crippen LogP contribution in [-0.2, 0) is 23.8 Å². The molecule has 3 heterocycles. The van der Waals surface area contributed by atoms with Gasteiger partial charge in [0.25, 0.3) is 15.7 Å². The standard InChI is InChI=1S/C25H29N3O8S/c1-15-13-28(24(31)27-21(15)29)22-20(35-23(30)17-10-6-3-7-11-17)25(18(26)14-37(32,33)36-25)19(34-22)12-16-8-4-2-5-9-16/h3,6-7,10-11,13-14,16,19-20,22H,2,4-5,8-9,12,26H2,1H3,(H,27,29,31)/t19?,20-,22+,25?/m0/s1. The van der Waals surface area contributed by atoms with E-state index in [1.165, 1.54) is 13.1 Å². The highest BCUT2D eigenvalue weighted by Gasteiger charge is 2.67. The van der Waals surface area contributed by atoms with Gasteiger partial charge < -0.3 is 15.2 Å². The fraction of sp³-hybridized carbons (Fsp3) is 0.480. The highest BCUT2D eigenvalue weighted by molar-refractivity contribution is 7.90. The molecule has 0 amide bonds. The average Bonchev–Trinajstić information content (AvgIpc) is 3.29. The molecule has 2 aromatic rings. The van der Waals surface area contributed by atoms with Crippen molar-refractivity contribution in [1.29, 1.82) is 0 Å². The molecule has 2 aliphatic heterocycles. The van der Waals surface area contributed by atoms with Gasteiger partial charge in [-0.1, -0.05) is 50.3 Å². The van der Waals surface area contributed by atoms with Gasteiger partial charge in [-0.25, -0.2) is 13.8 Å². The Balaban J connectivity index is 1.63. The Bertz CT molecular complexity index is 1440. The van der Waals surface area contributed by atoms with E-state index in [9.17, 15) is 22.8 Å². The monoisotopic (exact) mass is 531 g/mol. The van der Waals surface area contributed by atoms with Crippen molar-refractivity contribution >= 4 is 16.1 Å². The van der Waals surface area contributed by atoms with Crippen LogP contribution in [0.3, 0.4) is 0 Å². The average molecular weight is 532 g/mol. The molecule has 0 radical (unpaired) electrons. The fourth-order valence-corrected chi connectivity index (χ4v) is 6.77. The lowest BCUT2D eigenvalue weighted by molar-refractivity contribution is -0.0559. The number of nitrogens with zero attached hydrogens (tertiary/aromatic N) is 1. The van der Waals surface area contributed by atoms with Gasteiger partial charge in [0.15, 0.2) is 17.9 Å². The number of ether oxygens (including phenoxy) is 2. The van der Waals surface area contributed by atoms with Crippen LogP contribution < -0.4 is 17.0 Å². The lowest BCUT2D eigenvalue weighted by Gasteiger charge is -2.35. The summed E-state index contributed by atoms with van der Waals surface area (Å²) in [5, 5.41) is 0.802. The van der Waals surface area contributed by atoms with Gasteiger partial charge in [0.1, 0.15) is 6.10 Å². The number of aryl methyl sites for hydroxylation is 1. The quantitative estimate of drug-likeness (QED) is 0.433. The normalized spacial score (nSPS) is 29.3. The number of carbonyl (C=O) groups excluding carboxylic acids is 1. The zero-order valence-corrected chi connectivity index (χ0v) is 21.1. The first kappa shape index (κ1) is 25.4. The molecule has 1 saturated carbocycles. The highest BCUT2D eigenvalue weighted by Crippen LogP contribution is 2.51. The zero-order valence-electron chi connectivity index (χ0n) is 20.3. The third-order valence-corrected chi connectivity index (χ3v) is 8.43. The van der Waals surface area contributed by atoms with Gasteiger partial charge in [0.05, 0.1) is 16.7 Å². The van der Waals surface area contributed by atoms with Crippen molar-refractivity contribution in [2.24, 2.45) is 11.7 Å². The molecule has 1 saturated heterocycles. The van der Waals surface area contributed by atoms with Crippen LogP contribution in [0.4, 0.5) is 0 Å². The Morgan fingerprint density at radius 1 is 1.19 bits per heavy atom. The molecule has 37 heavy (non-hydrogen) atoms. The Morgan fingerprint density at radius 2 is 1.89 bits per heavy atom. The molecule has 4 atom stereocenters. The van der Waals surface area contributed by atoms with E-state index in [4.69, 9.17) is 19.4 Å². The van der Waals surface area contributed by atoms with Crippen LogP contribution in [0.5, 0.6) is 0 Å². The number of nitrogens with two attached hydrogens (primary N) is 1. The topological polar surface area (TPSA) is 160 Å². The number of nitrogens with one attached hydrogen (secondary N) is 1. The lowest BCUT2D eigenvalue weighted by atomic mass is 9.79. The smallest absolute Gasteiger partial charge is 0.338 e. The first-order valence-electron chi connectivity index (χ1n) is 12.3. The predicted molar refractivity (Wildman–Crippen MR) is 132 cm³/mol. The molecule has 11 nitrogen and oxygen atoms in total. The van der Waals surface area contributed by atoms with Gasteiger partial charge in [0.2, 0.25) is 0 Å². The summed E-state index contributed by atoms with van der Waals surface area (Å²) in [7, 11) is -4.23. The molecule has 198 valence electrons. The number of aromatic nitrogens is 2. The fourth-order valence-electron chi connectivity index (χ4n) is 5.55. The van der Waals surface area contributed by atoms with Crippen LogP contribution in [0.15, 0.2) is 57.2 Å². The van der Waals surface area contributed by atoms with Gasteiger partial charge in [-0.2, -0.15) is 8.42 Å². The van der Waals surface area contributed by atoms with Crippen molar-refractivity contribution in [1.82, 2.24) is 9.55 Å². The van der Waals surface area contributed by atoms with E-state index in [1.54, 1.807) is 30.3 Å². The zero-order chi connectivity index (χ0) is 26.4. The van der Waals surface area contributed by atoms with Gasteiger partial charge in [-0.15, -0.1) is 0 Å². The molecule has 3 N–H and O–H groups in total. The second-order valence-corrected chi connectivity index (χ2v) is 11.3. The van der Waals surface area contributed by atoms with Crippen LogP contribution >= 0.6 is 0 Å². The minimum Gasteiger partial charge on any atom is -0.450 e. The molecule has 3 aliphatic rings. The van der Waals surface area contributed by atoms with Crippen molar-refractivity contribution in [2.45, 2.75) is 69.5 Å². The molecule has 1 aliphatic carbocycles. The Hall–Kier alpha value is -3.22. The van der Waals surface area contributed by atoms with Crippen LogP contribution in [0, 0.1) is 12.8 Å². The number of H-pyrrole nitrogens is 1. The third-order valence-electron chi connectivity index (χ3n) is 7.38. The van der Waals surface area contributed by atoms with Crippen molar-refractivity contribution in [3.8, 4) is 0 Å². The highest BCUT2D eigenvalue weighted by atomic mass is 32.2. The molecule has 1 aromatic carbocycles. The summed E-state index contributed by atoms with van der Waals surface area (Å²) in [6.45, 7) is 1.51. The molecular weight excluding hydrogens is 502 g/mol. The lowest BCUT2D eigenvalue weighted by Crippen LogP contribution is -2.54. The maximum Gasteiger partial charge on any atom is 0.338 e. The van der Waals surface area contributed by atoms with E-state index in [0.29, 0.717) is 6.42 Å². The summed E-state index contributed by atoms with van der Waals surface area (Å²) in [6, 6.07) is 8.13. The van der Waals surface area contributed by atoms with Crippen molar-refractivity contribution in [3.63, 3.8) is 0 Å². The van der Waals surface area contributed by atoms with Crippen molar-refractivity contribution in [3.05, 3.63) is 79.6 Å². The molecule has 1 aromatic heterocycles. The number of carbonyl (C=O) groups is 1. The van der Waals surface area contributed by atoms with Gasteiger partial charge >= 0.3 is 11.7 Å². The Labute approximate surface area is 213 Å². The van der Waals surface area contributed by atoms with E-state index < -0.39 is 51.4 Å². The van der Waals surface area contributed by atoms with Gasteiger partial charge in [-0.3, -0.25) is 14.3 Å². The molecule has 0 bridgehead atoms. The van der Waals surface area contributed by atoms with Crippen LogP contribution in [0.1, 0.15) is 60.7 Å². The molecule has 1 spiro atoms. The summed E-state index contributed by atoms with van der Waals surface area (Å²) < 4.78 is 44.2. The number of benzene rings is 1. The number of aromatic amines is 1. The maximum absolute atomic E-state index is 13.2. The summed E-state index contributed by atoms with van der Waals surface area (Å²) in [5.74, 6) is -0.569. The number of hydrogen-bond donors (Lipinski definition) is 2. The minimum absolute atomic E-state index is 0.170. The molecule has 2 unspecified atom stereocenters. The van der Waals surface area contributed by atoms with E-state index >= 15 is 0 Å². The second kappa shape index (κ2) is 9.58. The molecular formula is C25H29N3O8S. The Morgan fingerprint density at radius 3 is 2.54 bits per heavy atom. The summed E-state index contributed by atoms with van der Waals surface area (Å²) in [6.07, 6.45) is 2.98. The summed E-state index contributed by atoms with van der Waals surface area (Å²) >= 11 is 0. The number of rotatable bonds is 5. The van der Waals surface area contributed by atoms with Crippen molar-refractivity contribution < 1.29 is 26.9 Å². The van der Waals surface area contributed by atoms with Crippen LogP contribution in [-0.4, -0.2) is 41.7 Å². The first-order valence-corrected chi connectivity index (χ1v) is 13.7. The number of esters is 1. The second-order valence-electron chi connectivity index (χ2n) is 9.87. The van der Waals surface area contributed by atoms with E-state index in [-0.39, 0.29) is 22.7 Å². The Kier molecular flexibility index (Phi) is 6.59. The first-order chi connectivity index (χ1) is 17.6. The van der Waals surface area contributed by atoms with Gasteiger partial charge in [-0.05, 0) is 31.4 Å².